The van der Waals surface area contributed by atoms with E-state index in [0.29, 0.717) is 30.1 Å². The second kappa shape index (κ2) is 9.85. The average molecular weight is 478 g/mol. The number of nitrogens with zero attached hydrogens (tertiary/aromatic N) is 9. The summed E-state index contributed by atoms with van der Waals surface area (Å²) in [7, 11) is 1.88. The second-order valence-corrected chi connectivity index (χ2v) is 10.5. The first-order valence-corrected chi connectivity index (χ1v) is 12.5. The standard InChI is InChI=1S/C25H35N9O/c1-25(2,3)20-16-21(29-22(28-20)18-6-7-18)34-13-11-33(12-14-34)10-5-15-35-24-31-30-23(32(24)4)19-17-26-8-9-27-19/h8-9,16-18H,5-7,10-15H2,1-4H3. The van der Waals surface area contributed by atoms with Crippen molar-refractivity contribution in [1.82, 2.24) is 39.6 Å². The van der Waals surface area contributed by atoms with Crippen LogP contribution in [0.15, 0.2) is 24.7 Å². The van der Waals surface area contributed by atoms with Crippen LogP contribution in [-0.2, 0) is 12.5 Å². The Bertz CT molecular complexity index is 1130. The van der Waals surface area contributed by atoms with Gasteiger partial charge in [-0.25, -0.2) is 15.0 Å². The van der Waals surface area contributed by atoms with Crippen molar-refractivity contribution in [3.8, 4) is 17.5 Å². The third-order valence-corrected chi connectivity index (χ3v) is 6.61. The highest BCUT2D eigenvalue weighted by atomic mass is 16.5. The largest absolute Gasteiger partial charge is 0.464 e. The predicted octanol–water partition coefficient (Wildman–Crippen LogP) is 2.83. The maximum atomic E-state index is 5.89. The van der Waals surface area contributed by atoms with Crippen molar-refractivity contribution in [2.45, 2.75) is 51.4 Å². The van der Waals surface area contributed by atoms with E-state index in [0.717, 1.165) is 56.5 Å². The molecule has 5 rings (SSSR count). The molecule has 0 amide bonds. The molecule has 10 heteroatoms. The predicted molar refractivity (Wildman–Crippen MR) is 134 cm³/mol. The Kier molecular flexibility index (Phi) is 6.64. The summed E-state index contributed by atoms with van der Waals surface area (Å²) in [6, 6.07) is 2.70. The van der Waals surface area contributed by atoms with Gasteiger partial charge in [-0.3, -0.25) is 14.5 Å². The number of aromatic nitrogens is 7. The molecule has 1 saturated heterocycles. The van der Waals surface area contributed by atoms with Gasteiger partial charge in [-0.2, -0.15) is 0 Å². The molecule has 186 valence electrons. The van der Waals surface area contributed by atoms with E-state index in [1.807, 2.05) is 11.6 Å². The Morgan fingerprint density at radius 1 is 1.03 bits per heavy atom. The topological polar surface area (TPSA) is 98.0 Å². The molecule has 0 atom stereocenters. The first-order chi connectivity index (χ1) is 16.9. The Morgan fingerprint density at radius 3 is 2.51 bits per heavy atom. The number of hydrogen-bond donors (Lipinski definition) is 0. The molecule has 2 aliphatic rings. The maximum absolute atomic E-state index is 5.89. The Morgan fingerprint density at radius 2 is 1.83 bits per heavy atom. The summed E-state index contributed by atoms with van der Waals surface area (Å²) in [6.45, 7) is 12.3. The van der Waals surface area contributed by atoms with Crippen LogP contribution in [0.1, 0.15) is 57.5 Å². The monoisotopic (exact) mass is 477 g/mol. The van der Waals surface area contributed by atoms with Crippen molar-refractivity contribution in [3.63, 3.8) is 0 Å². The molecule has 3 aromatic rings. The van der Waals surface area contributed by atoms with Crippen LogP contribution in [0.2, 0.25) is 0 Å². The first kappa shape index (κ1) is 23.6. The third kappa shape index (κ3) is 5.58. The summed E-state index contributed by atoms with van der Waals surface area (Å²) in [5.41, 5.74) is 1.86. The SMILES string of the molecule is Cn1c(OCCCN2CCN(c3cc(C(C)(C)C)nc(C4CC4)n3)CC2)nnc1-c1cnccn1. The van der Waals surface area contributed by atoms with Crippen LogP contribution in [0.25, 0.3) is 11.5 Å². The second-order valence-electron chi connectivity index (χ2n) is 10.5. The molecule has 10 nitrogen and oxygen atoms in total. The van der Waals surface area contributed by atoms with Crippen molar-refractivity contribution in [3.05, 3.63) is 36.2 Å². The van der Waals surface area contributed by atoms with Crippen molar-refractivity contribution in [2.75, 3.05) is 44.2 Å². The molecule has 4 heterocycles. The van der Waals surface area contributed by atoms with Gasteiger partial charge in [-0.15, -0.1) is 5.10 Å². The molecule has 1 saturated carbocycles. The summed E-state index contributed by atoms with van der Waals surface area (Å²) in [4.78, 5) is 23.1. The van der Waals surface area contributed by atoms with Gasteiger partial charge in [0.25, 0.3) is 0 Å². The molecular weight excluding hydrogens is 442 g/mol. The van der Waals surface area contributed by atoms with E-state index < -0.39 is 0 Å². The zero-order chi connectivity index (χ0) is 24.4. The van der Waals surface area contributed by atoms with Gasteiger partial charge in [0.2, 0.25) is 0 Å². The first-order valence-electron chi connectivity index (χ1n) is 12.5. The van der Waals surface area contributed by atoms with Gasteiger partial charge >= 0.3 is 6.01 Å². The lowest BCUT2D eigenvalue weighted by Crippen LogP contribution is -2.47. The molecule has 1 aliphatic carbocycles. The minimum absolute atomic E-state index is 0.0289. The zero-order valence-corrected chi connectivity index (χ0v) is 21.2. The quantitative estimate of drug-likeness (QED) is 0.454. The Balaban J connectivity index is 1.10. The van der Waals surface area contributed by atoms with Crippen LogP contribution in [0.5, 0.6) is 6.01 Å². The van der Waals surface area contributed by atoms with E-state index in [9.17, 15) is 0 Å². The van der Waals surface area contributed by atoms with Gasteiger partial charge in [-0.1, -0.05) is 25.9 Å². The van der Waals surface area contributed by atoms with Gasteiger partial charge in [0.15, 0.2) is 5.82 Å². The van der Waals surface area contributed by atoms with Crippen LogP contribution in [-0.4, -0.2) is 78.9 Å². The van der Waals surface area contributed by atoms with Crippen LogP contribution < -0.4 is 9.64 Å². The lowest BCUT2D eigenvalue weighted by molar-refractivity contribution is 0.215. The summed E-state index contributed by atoms with van der Waals surface area (Å²) in [5.74, 6) is 3.34. The third-order valence-electron chi connectivity index (χ3n) is 6.61. The number of piperazine rings is 1. The summed E-state index contributed by atoms with van der Waals surface area (Å²) < 4.78 is 7.71. The lowest BCUT2D eigenvalue weighted by atomic mass is 9.91. The van der Waals surface area contributed by atoms with E-state index in [2.05, 4.69) is 56.8 Å². The number of ether oxygens (including phenoxy) is 1. The summed E-state index contributed by atoms with van der Waals surface area (Å²) in [6.07, 6.45) is 8.33. The van der Waals surface area contributed by atoms with Crippen LogP contribution in [0.3, 0.4) is 0 Å². The van der Waals surface area contributed by atoms with E-state index >= 15 is 0 Å². The maximum Gasteiger partial charge on any atom is 0.317 e. The molecular formula is C25H35N9O. The number of anilines is 1. The molecule has 3 aromatic heterocycles. The number of hydrogen-bond acceptors (Lipinski definition) is 9. The average Bonchev–Trinajstić information content (AvgIpc) is 3.65. The molecule has 0 radical (unpaired) electrons. The Hall–Kier alpha value is -3.14. The summed E-state index contributed by atoms with van der Waals surface area (Å²) >= 11 is 0. The van der Waals surface area contributed by atoms with Crippen molar-refractivity contribution in [2.24, 2.45) is 7.05 Å². The van der Waals surface area contributed by atoms with Crippen molar-refractivity contribution >= 4 is 5.82 Å². The smallest absolute Gasteiger partial charge is 0.317 e. The van der Waals surface area contributed by atoms with Gasteiger partial charge in [-0.05, 0) is 19.3 Å². The van der Waals surface area contributed by atoms with Crippen molar-refractivity contribution in [1.29, 1.82) is 0 Å². The molecule has 0 spiro atoms. The molecule has 35 heavy (non-hydrogen) atoms. The molecule has 2 fully saturated rings. The Labute approximate surface area is 206 Å². The molecule has 0 unspecified atom stereocenters. The van der Waals surface area contributed by atoms with Crippen molar-refractivity contribution < 1.29 is 4.74 Å². The van der Waals surface area contributed by atoms with E-state index in [-0.39, 0.29) is 5.41 Å². The van der Waals surface area contributed by atoms with Crippen LogP contribution >= 0.6 is 0 Å². The molecule has 1 aliphatic heterocycles. The highest BCUT2D eigenvalue weighted by Gasteiger charge is 2.30. The lowest BCUT2D eigenvalue weighted by Gasteiger charge is -2.36. The summed E-state index contributed by atoms with van der Waals surface area (Å²) in [5, 5.41) is 8.35. The van der Waals surface area contributed by atoms with E-state index in [1.54, 1.807) is 18.6 Å². The van der Waals surface area contributed by atoms with E-state index in [1.165, 1.54) is 12.8 Å². The van der Waals surface area contributed by atoms with Crippen LogP contribution in [0, 0.1) is 0 Å². The minimum Gasteiger partial charge on any atom is -0.464 e. The highest BCUT2D eigenvalue weighted by molar-refractivity contribution is 5.47. The van der Waals surface area contributed by atoms with Gasteiger partial charge in [0.05, 0.1) is 18.5 Å². The fraction of sp³-hybridized carbons (Fsp3) is 0.600. The zero-order valence-electron chi connectivity index (χ0n) is 21.2. The van der Waals surface area contributed by atoms with Crippen LogP contribution in [0.4, 0.5) is 5.82 Å². The number of rotatable bonds is 8. The highest BCUT2D eigenvalue weighted by Crippen LogP contribution is 2.39. The fourth-order valence-electron chi connectivity index (χ4n) is 4.25. The van der Waals surface area contributed by atoms with E-state index in [4.69, 9.17) is 14.7 Å². The fourth-order valence-corrected chi connectivity index (χ4v) is 4.25. The normalized spacial score (nSPS) is 17.1. The molecule has 0 bridgehead atoms. The molecule has 0 N–H and O–H groups in total. The molecule has 0 aromatic carbocycles. The van der Waals surface area contributed by atoms with Gasteiger partial charge in [0, 0.05) is 69.6 Å². The van der Waals surface area contributed by atoms with Gasteiger partial charge in [0.1, 0.15) is 17.3 Å². The van der Waals surface area contributed by atoms with Gasteiger partial charge < -0.3 is 9.64 Å². The minimum atomic E-state index is 0.0289.